The predicted molar refractivity (Wildman–Crippen MR) is 112 cm³/mol. The number of sulfonamides is 1. The van der Waals surface area contributed by atoms with E-state index >= 15 is 0 Å². The zero-order valence-electron chi connectivity index (χ0n) is 18.3. The molecule has 1 N–H and O–H groups in total. The number of nitrogens with zero attached hydrogens (tertiary/aromatic N) is 2. The molecule has 0 heterocycles. The topological polar surface area (TPSA) is 113 Å². The number of carbonyl (C=O) groups excluding carboxylic acids is 3. The normalized spacial score (nSPS) is 12.5. The first-order valence-corrected chi connectivity index (χ1v) is 11.2. The number of nitrogens with one attached hydrogen (secondary N) is 1. The third kappa shape index (κ3) is 6.53. The Labute approximate surface area is 178 Å². The van der Waals surface area contributed by atoms with E-state index in [2.05, 4.69) is 5.32 Å². The molecule has 1 aromatic rings. The van der Waals surface area contributed by atoms with Crippen LogP contribution in [0.4, 0.5) is 0 Å². The molecular weight excluding hydrogens is 410 g/mol. The van der Waals surface area contributed by atoms with E-state index in [1.54, 1.807) is 27.7 Å². The zero-order chi connectivity index (χ0) is 23.1. The van der Waals surface area contributed by atoms with E-state index in [4.69, 9.17) is 4.74 Å². The fourth-order valence-electron chi connectivity index (χ4n) is 2.58. The van der Waals surface area contributed by atoms with Gasteiger partial charge in [-0.05, 0) is 24.1 Å². The Bertz CT molecular complexity index is 863. The first kappa shape index (κ1) is 25.6. The van der Waals surface area contributed by atoms with Crippen LogP contribution in [0, 0.1) is 5.92 Å². The maximum absolute atomic E-state index is 12.7. The van der Waals surface area contributed by atoms with Gasteiger partial charge in [0.15, 0.2) is 6.61 Å². The highest BCUT2D eigenvalue weighted by Crippen LogP contribution is 2.17. The van der Waals surface area contributed by atoms with Crippen LogP contribution in [0.2, 0.25) is 0 Å². The summed E-state index contributed by atoms with van der Waals surface area (Å²) in [7, 11) is -0.647. The zero-order valence-corrected chi connectivity index (χ0v) is 19.2. The van der Waals surface area contributed by atoms with Gasteiger partial charge in [0, 0.05) is 32.7 Å². The van der Waals surface area contributed by atoms with Crippen LogP contribution in [0.25, 0.3) is 0 Å². The summed E-state index contributed by atoms with van der Waals surface area (Å²) in [5.41, 5.74) is 0.103. The lowest BCUT2D eigenvalue weighted by molar-refractivity contribution is -0.153. The number of amides is 2. The lowest BCUT2D eigenvalue weighted by Gasteiger charge is -2.22. The van der Waals surface area contributed by atoms with E-state index in [9.17, 15) is 22.8 Å². The van der Waals surface area contributed by atoms with Gasteiger partial charge in [0.25, 0.3) is 11.8 Å². The van der Waals surface area contributed by atoms with Crippen molar-refractivity contribution in [3.8, 4) is 0 Å². The fraction of sp³-hybridized carbons (Fsp3) is 0.550. The first-order valence-electron chi connectivity index (χ1n) is 9.73. The van der Waals surface area contributed by atoms with Gasteiger partial charge in [0.05, 0.1) is 4.90 Å². The highest BCUT2D eigenvalue weighted by molar-refractivity contribution is 7.89. The number of ether oxygens (including phenoxy) is 1. The van der Waals surface area contributed by atoms with Crippen molar-refractivity contribution in [2.75, 3.05) is 33.8 Å². The van der Waals surface area contributed by atoms with Crippen molar-refractivity contribution in [1.29, 1.82) is 0 Å². The molecule has 0 aliphatic carbocycles. The van der Waals surface area contributed by atoms with Crippen LogP contribution in [-0.4, -0.2) is 75.2 Å². The number of hydrogen-bond donors (Lipinski definition) is 1. The van der Waals surface area contributed by atoms with Crippen molar-refractivity contribution in [3.63, 3.8) is 0 Å². The summed E-state index contributed by atoms with van der Waals surface area (Å²) in [5.74, 6) is -2.04. The molecule has 0 aliphatic rings. The van der Waals surface area contributed by atoms with Crippen molar-refractivity contribution in [3.05, 3.63) is 29.8 Å². The smallest absolute Gasteiger partial charge is 0.329 e. The molecule has 0 saturated heterocycles. The Morgan fingerprint density at radius 3 is 2.20 bits per heavy atom. The second-order valence-electron chi connectivity index (χ2n) is 7.21. The van der Waals surface area contributed by atoms with Gasteiger partial charge in [-0.25, -0.2) is 13.2 Å². The molecule has 10 heteroatoms. The van der Waals surface area contributed by atoms with Crippen LogP contribution in [0.3, 0.4) is 0 Å². The Kier molecular flexibility index (Phi) is 9.44. The Balaban J connectivity index is 3.01. The molecule has 0 saturated carbocycles. The van der Waals surface area contributed by atoms with E-state index in [1.165, 1.54) is 47.6 Å². The molecular formula is C20H31N3O6S. The minimum atomic E-state index is -3.73. The second-order valence-corrected chi connectivity index (χ2v) is 9.15. The molecule has 2 amide bonds. The summed E-state index contributed by atoms with van der Waals surface area (Å²) in [6.07, 6.45) is 0. The van der Waals surface area contributed by atoms with Gasteiger partial charge in [0.2, 0.25) is 10.0 Å². The Hall–Kier alpha value is -2.46. The molecule has 1 atom stereocenters. The fourth-order valence-corrected chi connectivity index (χ4v) is 4.09. The molecule has 0 unspecified atom stereocenters. The summed E-state index contributed by atoms with van der Waals surface area (Å²) in [6, 6.07) is 4.65. The molecule has 0 fully saturated rings. The molecule has 1 rings (SSSR count). The van der Waals surface area contributed by atoms with Gasteiger partial charge in [0.1, 0.15) is 6.04 Å². The number of carbonyl (C=O) groups is 3. The van der Waals surface area contributed by atoms with Gasteiger partial charge >= 0.3 is 5.97 Å². The number of rotatable bonds is 10. The third-order valence-corrected chi connectivity index (χ3v) is 6.53. The highest BCUT2D eigenvalue weighted by Gasteiger charge is 2.28. The second kappa shape index (κ2) is 11.1. The molecule has 0 aromatic heterocycles. The molecule has 168 valence electrons. The molecule has 0 bridgehead atoms. The van der Waals surface area contributed by atoms with Crippen LogP contribution in [0.5, 0.6) is 0 Å². The Morgan fingerprint density at radius 1 is 1.10 bits per heavy atom. The maximum atomic E-state index is 12.7. The molecule has 9 nitrogen and oxygen atoms in total. The average molecular weight is 442 g/mol. The minimum absolute atomic E-state index is 0.000830. The monoisotopic (exact) mass is 441 g/mol. The standard InChI is InChI=1S/C20H31N3O6S/c1-7-23(8-2)30(27,28)16-11-9-10-15(12-16)19(25)21-18(14(3)4)20(26)29-13-17(24)22(5)6/h9-12,14,18H,7-8,13H2,1-6H3,(H,21,25)/t18-/m0/s1. The summed E-state index contributed by atoms with van der Waals surface area (Å²) in [5, 5.41) is 2.57. The SMILES string of the molecule is CCN(CC)S(=O)(=O)c1cccc(C(=O)N[C@H](C(=O)OCC(=O)N(C)C)C(C)C)c1. The van der Waals surface area contributed by atoms with Gasteiger partial charge in [-0.15, -0.1) is 0 Å². The van der Waals surface area contributed by atoms with Gasteiger partial charge in [-0.3, -0.25) is 9.59 Å². The van der Waals surface area contributed by atoms with Crippen molar-refractivity contribution in [2.45, 2.75) is 38.6 Å². The van der Waals surface area contributed by atoms with E-state index < -0.39 is 34.5 Å². The summed E-state index contributed by atoms with van der Waals surface area (Å²) < 4.78 is 31.7. The average Bonchev–Trinajstić information content (AvgIpc) is 2.70. The van der Waals surface area contributed by atoms with E-state index in [1.807, 2.05) is 0 Å². The maximum Gasteiger partial charge on any atom is 0.329 e. The first-order chi connectivity index (χ1) is 13.9. The lowest BCUT2D eigenvalue weighted by Crippen LogP contribution is -2.46. The van der Waals surface area contributed by atoms with Crippen molar-refractivity contribution >= 4 is 27.8 Å². The largest absolute Gasteiger partial charge is 0.454 e. The van der Waals surface area contributed by atoms with E-state index in [0.717, 1.165) is 0 Å². The molecule has 0 aliphatic heterocycles. The minimum Gasteiger partial charge on any atom is -0.454 e. The third-order valence-electron chi connectivity index (χ3n) is 4.48. The molecule has 0 spiro atoms. The predicted octanol–water partition coefficient (Wildman–Crippen LogP) is 1.10. The lowest BCUT2D eigenvalue weighted by atomic mass is 10.0. The highest BCUT2D eigenvalue weighted by atomic mass is 32.2. The van der Waals surface area contributed by atoms with Crippen LogP contribution >= 0.6 is 0 Å². The number of esters is 1. The summed E-state index contributed by atoms with van der Waals surface area (Å²) in [6.45, 7) is 7.10. The van der Waals surface area contributed by atoms with Crippen molar-refractivity contribution in [2.24, 2.45) is 5.92 Å². The molecule has 0 radical (unpaired) electrons. The van der Waals surface area contributed by atoms with Crippen LogP contribution in [-0.2, 0) is 24.3 Å². The Morgan fingerprint density at radius 2 is 1.70 bits per heavy atom. The number of hydrogen-bond acceptors (Lipinski definition) is 6. The van der Waals surface area contributed by atoms with E-state index in [0.29, 0.717) is 13.1 Å². The summed E-state index contributed by atoms with van der Waals surface area (Å²) >= 11 is 0. The number of likely N-dealkylation sites (N-methyl/N-ethyl adjacent to an activating group) is 1. The van der Waals surface area contributed by atoms with Crippen molar-refractivity contribution in [1.82, 2.24) is 14.5 Å². The van der Waals surface area contributed by atoms with E-state index in [-0.39, 0.29) is 22.3 Å². The van der Waals surface area contributed by atoms with Crippen LogP contribution in [0.1, 0.15) is 38.1 Å². The molecule has 30 heavy (non-hydrogen) atoms. The molecule has 1 aromatic carbocycles. The van der Waals surface area contributed by atoms with Gasteiger partial charge in [-0.2, -0.15) is 4.31 Å². The quantitative estimate of drug-likeness (QED) is 0.544. The van der Waals surface area contributed by atoms with Crippen LogP contribution < -0.4 is 5.32 Å². The number of benzene rings is 1. The summed E-state index contributed by atoms with van der Waals surface area (Å²) in [4.78, 5) is 38.0. The van der Waals surface area contributed by atoms with Gasteiger partial charge < -0.3 is 15.0 Å². The van der Waals surface area contributed by atoms with Crippen LogP contribution in [0.15, 0.2) is 29.2 Å². The van der Waals surface area contributed by atoms with Crippen molar-refractivity contribution < 1.29 is 27.5 Å². The van der Waals surface area contributed by atoms with Gasteiger partial charge in [-0.1, -0.05) is 33.8 Å².